The monoisotopic (exact) mass is 246 g/mol. The Labute approximate surface area is 113 Å². The Morgan fingerprint density at radius 1 is 0.556 bits per heavy atom. The molecule has 4 rings (SSSR count). The molecule has 0 unspecified atom stereocenters. The summed E-state index contributed by atoms with van der Waals surface area (Å²) in [5.74, 6) is 2.09. The van der Waals surface area contributed by atoms with Crippen molar-refractivity contribution in [2.24, 2.45) is 33.5 Å². The molecule has 4 aliphatic rings. The van der Waals surface area contributed by atoms with Crippen LogP contribution in [0.5, 0.6) is 0 Å². The van der Waals surface area contributed by atoms with E-state index in [4.69, 9.17) is 0 Å². The van der Waals surface area contributed by atoms with Gasteiger partial charge in [0.25, 0.3) is 0 Å². The summed E-state index contributed by atoms with van der Waals surface area (Å²) in [7, 11) is 0. The lowest BCUT2D eigenvalue weighted by Gasteiger charge is -2.57. The molecule has 4 bridgehead atoms. The van der Waals surface area contributed by atoms with Crippen molar-refractivity contribution in [1.82, 2.24) is 0 Å². The summed E-state index contributed by atoms with van der Waals surface area (Å²) in [6.45, 7) is 10.5. The van der Waals surface area contributed by atoms with Crippen molar-refractivity contribution in [3.8, 4) is 0 Å². The maximum Gasteiger partial charge on any atom is -0.0182 e. The van der Waals surface area contributed by atoms with E-state index in [1.54, 1.807) is 25.7 Å². The quantitative estimate of drug-likeness (QED) is 0.579. The zero-order chi connectivity index (χ0) is 12.8. The lowest BCUT2D eigenvalue weighted by molar-refractivity contribution is -0.0889. The van der Waals surface area contributed by atoms with Gasteiger partial charge in [0.15, 0.2) is 0 Å². The summed E-state index contributed by atoms with van der Waals surface area (Å²) >= 11 is 0. The predicted molar refractivity (Wildman–Crippen MR) is 76.3 cm³/mol. The fourth-order valence-electron chi connectivity index (χ4n) is 7.93. The smallest absolute Gasteiger partial charge is 0.0182 e. The third kappa shape index (κ3) is 0.907. The first kappa shape index (κ1) is 11.8. The minimum absolute atomic E-state index is 0.628. The molecule has 4 fully saturated rings. The third-order valence-electron chi connectivity index (χ3n) is 9.10. The summed E-state index contributed by atoms with van der Waals surface area (Å²) in [5.41, 5.74) is 2.67. The van der Waals surface area contributed by atoms with Crippen molar-refractivity contribution in [3.63, 3.8) is 0 Å². The lowest BCUT2D eigenvalue weighted by Crippen LogP contribution is -2.50. The molecule has 0 heteroatoms. The second-order valence-electron chi connectivity index (χ2n) is 9.16. The molecule has 18 heavy (non-hydrogen) atoms. The fourth-order valence-corrected chi connectivity index (χ4v) is 7.93. The van der Waals surface area contributed by atoms with Crippen molar-refractivity contribution in [2.45, 2.75) is 79.1 Å². The number of fused-ring (bicyclic) bond motifs is 5. The van der Waals surface area contributed by atoms with Gasteiger partial charge in [0.2, 0.25) is 0 Å². The largest absolute Gasteiger partial charge is 0.0591 e. The molecular formula is C18H30. The van der Waals surface area contributed by atoms with Gasteiger partial charge in [0, 0.05) is 0 Å². The Morgan fingerprint density at radius 3 is 1.00 bits per heavy atom. The van der Waals surface area contributed by atoms with Crippen LogP contribution in [0.2, 0.25) is 0 Å². The van der Waals surface area contributed by atoms with Crippen LogP contribution in [-0.2, 0) is 0 Å². The van der Waals surface area contributed by atoms with Crippen LogP contribution in [-0.4, -0.2) is 0 Å². The van der Waals surface area contributed by atoms with Crippen molar-refractivity contribution in [3.05, 3.63) is 0 Å². The van der Waals surface area contributed by atoms with Gasteiger partial charge in [-0.3, -0.25) is 0 Å². The van der Waals surface area contributed by atoms with Crippen LogP contribution in [0.15, 0.2) is 0 Å². The van der Waals surface area contributed by atoms with E-state index in [0.717, 1.165) is 11.8 Å². The zero-order valence-electron chi connectivity index (χ0n) is 12.8. The van der Waals surface area contributed by atoms with Crippen LogP contribution in [0.4, 0.5) is 0 Å². The van der Waals surface area contributed by atoms with E-state index in [1.165, 1.54) is 25.7 Å². The van der Waals surface area contributed by atoms with E-state index in [2.05, 4.69) is 27.7 Å². The van der Waals surface area contributed by atoms with Crippen LogP contribution in [0.1, 0.15) is 79.1 Å². The zero-order valence-corrected chi connectivity index (χ0v) is 12.8. The van der Waals surface area contributed by atoms with Gasteiger partial charge in [-0.05, 0) is 84.9 Å². The SMILES string of the molecule is CC1(C)C2CCC1(C13CCC(CC1)C3(C)C)CC2. The molecule has 0 aromatic rings. The third-order valence-corrected chi connectivity index (χ3v) is 9.10. The molecule has 4 aliphatic carbocycles. The first-order chi connectivity index (χ1) is 8.37. The molecule has 0 aromatic heterocycles. The molecule has 0 spiro atoms. The molecule has 0 N–H and O–H groups in total. The topological polar surface area (TPSA) is 0 Å². The highest BCUT2D eigenvalue weighted by atomic mass is 14.8. The average molecular weight is 246 g/mol. The molecule has 0 aromatic carbocycles. The summed E-state index contributed by atoms with van der Waals surface area (Å²) in [6, 6.07) is 0. The van der Waals surface area contributed by atoms with Gasteiger partial charge in [0.05, 0.1) is 0 Å². The standard InChI is InChI=1S/C18H30/c1-15(2)13-5-9-17(15,10-6-13)18-11-7-14(8-12-18)16(18,3)4/h13-14H,5-12H2,1-4H3. The van der Waals surface area contributed by atoms with E-state index in [0.29, 0.717) is 21.7 Å². The van der Waals surface area contributed by atoms with Crippen molar-refractivity contribution >= 4 is 0 Å². The molecule has 0 aliphatic heterocycles. The molecule has 102 valence electrons. The molecule has 0 saturated heterocycles. The Kier molecular flexibility index (Phi) is 1.98. The van der Waals surface area contributed by atoms with Crippen LogP contribution in [0.25, 0.3) is 0 Å². The number of rotatable bonds is 1. The van der Waals surface area contributed by atoms with Gasteiger partial charge < -0.3 is 0 Å². The van der Waals surface area contributed by atoms with Gasteiger partial charge in [0.1, 0.15) is 0 Å². The summed E-state index contributed by atoms with van der Waals surface area (Å²) in [6.07, 6.45) is 12.4. The summed E-state index contributed by atoms with van der Waals surface area (Å²) in [4.78, 5) is 0. The Bertz CT molecular complexity index is 333. The molecule has 0 atom stereocenters. The van der Waals surface area contributed by atoms with Crippen molar-refractivity contribution in [1.29, 1.82) is 0 Å². The highest BCUT2D eigenvalue weighted by molar-refractivity contribution is 5.23. The lowest BCUT2D eigenvalue weighted by atomic mass is 9.47. The van der Waals surface area contributed by atoms with Crippen LogP contribution in [0, 0.1) is 33.5 Å². The highest BCUT2D eigenvalue weighted by Crippen LogP contribution is 2.82. The molecule has 0 heterocycles. The maximum atomic E-state index is 2.63. The van der Waals surface area contributed by atoms with Gasteiger partial charge in [-0.15, -0.1) is 0 Å². The normalized spacial score (nSPS) is 55.3. The maximum absolute atomic E-state index is 2.63. The van der Waals surface area contributed by atoms with E-state index in [-0.39, 0.29) is 0 Å². The van der Waals surface area contributed by atoms with E-state index in [9.17, 15) is 0 Å². The Balaban J connectivity index is 1.88. The molecule has 0 nitrogen and oxygen atoms in total. The van der Waals surface area contributed by atoms with Gasteiger partial charge in [-0.2, -0.15) is 0 Å². The molecule has 4 saturated carbocycles. The predicted octanol–water partition coefficient (Wildman–Crippen LogP) is 5.42. The van der Waals surface area contributed by atoms with Crippen LogP contribution in [0.3, 0.4) is 0 Å². The first-order valence-electron chi connectivity index (χ1n) is 8.37. The Morgan fingerprint density at radius 2 is 0.833 bits per heavy atom. The average Bonchev–Trinajstić information content (AvgIpc) is 2.94. The number of hydrogen-bond donors (Lipinski definition) is 0. The summed E-state index contributed by atoms with van der Waals surface area (Å²) < 4.78 is 0. The van der Waals surface area contributed by atoms with Crippen LogP contribution >= 0.6 is 0 Å². The van der Waals surface area contributed by atoms with Crippen molar-refractivity contribution in [2.75, 3.05) is 0 Å². The van der Waals surface area contributed by atoms with Gasteiger partial charge in [-0.1, -0.05) is 27.7 Å². The number of hydrogen-bond acceptors (Lipinski definition) is 0. The highest BCUT2D eigenvalue weighted by Gasteiger charge is 2.74. The van der Waals surface area contributed by atoms with E-state index in [1.807, 2.05) is 0 Å². The second-order valence-corrected chi connectivity index (χ2v) is 9.16. The first-order valence-corrected chi connectivity index (χ1v) is 8.37. The Hall–Kier alpha value is 0. The fraction of sp³-hybridized carbons (Fsp3) is 1.00. The van der Waals surface area contributed by atoms with E-state index >= 15 is 0 Å². The van der Waals surface area contributed by atoms with Crippen LogP contribution < -0.4 is 0 Å². The van der Waals surface area contributed by atoms with E-state index < -0.39 is 0 Å². The van der Waals surface area contributed by atoms with Gasteiger partial charge in [-0.25, -0.2) is 0 Å². The molecular weight excluding hydrogens is 216 g/mol. The summed E-state index contributed by atoms with van der Waals surface area (Å²) in [5, 5.41) is 0. The minimum Gasteiger partial charge on any atom is -0.0591 e. The van der Waals surface area contributed by atoms with Gasteiger partial charge >= 0.3 is 0 Å². The minimum atomic E-state index is 0.628. The van der Waals surface area contributed by atoms with Crippen molar-refractivity contribution < 1.29 is 0 Å². The second kappa shape index (κ2) is 3.01. The molecule has 0 amide bonds. The molecule has 0 radical (unpaired) electrons.